The molecule has 1 aromatic carbocycles. The average molecular weight is 460 g/mol. The largest absolute Gasteiger partial charge is 0.352 e. The van der Waals surface area contributed by atoms with Crippen LogP contribution in [0.1, 0.15) is 35.3 Å². The van der Waals surface area contributed by atoms with E-state index in [4.69, 9.17) is 11.6 Å². The first kappa shape index (κ1) is 21.6. The minimum absolute atomic E-state index is 0.0244. The number of halogens is 2. The monoisotopic (exact) mass is 459 g/mol. The molecule has 3 aromatic rings. The van der Waals surface area contributed by atoms with Crippen molar-refractivity contribution in [2.45, 2.75) is 32.7 Å². The Bertz CT molecular complexity index is 1060. The van der Waals surface area contributed by atoms with E-state index in [1.807, 2.05) is 11.8 Å². The topological polar surface area (TPSA) is 71.0 Å². The zero-order valence-electron chi connectivity index (χ0n) is 17.3. The first-order valence-electron chi connectivity index (χ1n) is 10.2. The van der Waals surface area contributed by atoms with Crippen molar-refractivity contribution in [2.24, 2.45) is 5.92 Å². The number of likely N-dealkylation sites (tertiary alicyclic amines) is 1. The van der Waals surface area contributed by atoms with Crippen LogP contribution in [0.2, 0.25) is 5.02 Å². The number of rotatable bonds is 5. The van der Waals surface area contributed by atoms with E-state index in [9.17, 15) is 9.18 Å². The number of anilines is 1. The van der Waals surface area contributed by atoms with Gasteiger partial charge in [-0.05, 0) is 43.4 Å². The summed E-state index contributed by atoms with van der Waals surface area (Å²) in [6.07, 6.45) is 5.06. The Labute approximate surface area is 189 Å². The second kappa shape index (κ2) is 9.28. The van der Waals surface area contributed by atoms with Gasteiger partial charge in [-0.3, -0.25) is 4.79 Å². The van der Waals surface area contributed by atoms with Gasteiger partial charge >= 0.3 is 0 Å². The number of nitrogens with one attached hydrogen (secondary N) is 1. The molecular weight excluding hydrogens is 437 g/mol. The van der Waals surface area contributed by atoms with Gasteiger partial charge < -0.3 is 10.2 Å². The smallest absolute Gasteiger partial charge is 0.274 e. The van der Waals surface area contributed by atoms with E-state index in [2.05, 4.69) is 27.2 Å². The van der Waals surface area contributed by atoms with Gasteiger partial charge in [0.1, 0.15) is 11.5 Å². The lowest BCUT2D eigenvalue weighted by Gasteiger charge is -2.40. The molecule has 0 spiro atoms. The lowest BCUT2D eigenvalue weighted by atomic mass is 9.90. The summed E-state index contributed by atoms with van der Waals surface area (Å²) in [6, 6.07) is 6.16. The number of aromatic nitrogens is 3. The molecule has 1 aliphatic heterocycles. The summed E-state index contributed by atoms with van der Waals surface area (Å²) >= 11 is 7.31. The SMILES string of the molecule is Cc1nc(C(=O)N2CCC[C@@H](C)C2CNc2ncc(Cl)cn2)c(-c2ccc(F)cc2)s1. The molecule has 6 nitrogen and oxygen atoms in total. The van der Waals surface area contributed by atoms with Gasteiger partial charge in [-0.25, -0.2) is 19.3 Å². The number of nitrogens with zero attached hydrogens (tertiary/aromatic N) is 4. The molecule has 1 fully saturated rings. The highest BCUT2D eigenvalue weighted by Gasteiger charge is 2.34. The Morgan fingerprint density at radius 2 is 2.00 bits per heavy atom. The fraction of sp³-hybridized carbons (Fsp3) is 0.364. The quantitative estimate of drug-likeness (QED) is 0.577. The predicted molar refractivity (Wildman–Crippen MR) is 121 cm³/mol. The number of hydrogen-bond donors (Lipinski definition) is 1. The summed E-state index contributed by atoms with van der Waals surface area (Å²) < 4.78 is 13.4. The second-order valence-electron chi connectivity index (χ2n) is 7.71. The van der Waals surface area contributed by atoms with E-state index in [1.54, 1.807) is 12.1 Å². The molecule has 31 heavy (non-hydrogen) atoms. The molecule has 1 aliphatic rings. The van der Waals surface area contributed by atoms with Gasteiger partial charge in [-0.1, -0.05) is 30.7 Å². The standard InChI is InChI=1S/C22H23ClFN5OS/c1-13-4-3-9-29(18(13)12-27-22-25-10-16(23)11-26-22)21(30)19-20(31-14(2)28-19)15-5-7-17(24)8-6-15/h5-8,10-11,13,18H,3-4,9,12H2,1-2H3,(H,25,26,27)/t13-,18?/m1/s1. The normalized spacial score (nSPS) is 18.8. The highest BCUT2D eigenvalue weighted by atomic mass is 35.5. The predicted octanol–water partition coefficient (Wildman–Crippen LogP) is 5.05. The minimum Gasteiger partial charge on any atom is -0.352 e. The lowest BCUT2D eigenvalue weighted by molar-refractivity contribution is 0.0535. The Hall–Kier alpha value is -2.58. The van der Waals surface area contributed by atoms with Crippen molar-refractivity contribution in [1.29, 1.82) is 0 Å². The molecule has 0 aliphatic carbocycles. The number of piperidine rings is 1. The van der Waals surface area contributed by atoms with Gasteiger partial charge in [0.05, 0.1) is 33.3 Å². The Balaban J connectivity index is 1.58. The van der Waals surface area contributed by atoms with E-state index < -0.39 is 0 Å². The maximum Gasteiger partial charge on any atom is 0.274 e. The van der Waals surface area contributed by atoms with Crippen molar-refractivity contribution < 1.29 is 9.18 Å². The molecule has 0 bridgehead atoms. The van der Waals surface area contributed by atoms with Crippen molar-refractivity contribution in [3.63, 3.8) is 0 Å². The zero-order chi connectivity index (χ0) is 22.0. The molecule has 3 heterocycles. The highest BCUT2D eigenvalue weighted by Crippen LogP contribution is 2.33. The van der Waals surface area contributed by atoms with E-state index in [-0.39, 0.29) is 17.8 Å². The van der Waals surface area contributed by atoms with Crippen LogP contribution < -0.4 is 5.32 Å². The summed E-state index contributed by atoms with van der Waals surface area (Å²) in [6.45, 7) is 5.23. The zero-order valence-corrected chi connectivity index (χ0v) is 18.9. The molecule has 4 rings (SSSR count). The van der Waals surface area contributed by atoms with E-state index in [0.29, 0.717) is 35.7 Å². The fourth-order valence-electron chi connectivity index (χ4n) is 3.92. The second-order valence-corrected chi connectivity index (χ2v) is 9.35. The number of thiazole rings is 1. The molecule has 9 heteroatoms. The Morgan fingerprint density at radius 1 is 1.29 bits per heavy atom. The van der Waals surface area contributed by atoms with Gasteiger partial charge in [0.25, 0.3) is 5.91 Å². The summed E-state index contributed by atoms with van der Waals surface area (Å²) in [7, 11) is 0. The maximum absolute atomic E-state index is 13.6. The number of carbonyl (C=O) groups is 1. The summed E-state index contributed by atoms with van der Waals surface area (Å²) in [5.74, 6) is 0.384. The molecule has 1 saturated heterocycles. The molecule has 1 amide bonds. The van der Waals surface area contributed by atoms with Gasteiger partial charge in [0.15, 0.2) is 0 Å². The molecule has 1 N–H and O–H groups in total. The van der Waals surface area contributed by atoms with Gasteiger partial charge in [-0.2, -0.15) is 0 Å². The third-order valence-electron chi connectivity index (χ3n) is 5.51. The minimum atomic E-state index is -0.307. The molecule has 2 atom stereocenters. The Kier molecular flexibility index (Phi) is 6.48. The number of amides is 1. The average Bonchev–Trinajstić information content (AvgIpc) is 3.15. The maximum atomic E-state index is 13.6. The van der Waals surface area contributed by atoms with Crippen LogP contribution in [0.25, 0.3) is 10.4 Å². The summed E-state index contributed by atoms with van der Waals surface area (Å²) in [5, 5.41) is 4.51. The third kappa shape index (κ3) is 4.85. The number of aryl methyl sites for hydroxylation is 1. The fourth-order valence-corrected chi connectivity index (χ4v) is 4.93. The van der Waals surface area contributed by atoms with Crippen molar-refractivity contribution in [1.82, 2.24) is 19.9 Å². The number of hydrogen-bond acceptors (Lipinski definition) is 6. The summed E-state index contributed by atoms with van der Waals surface area (Å²) in [5.41, 5.74) is 1.22. The molecule has 162 valence electrons. The van der Waals surface area contributed by atoms with Crippen molar-refractivity contribution in [2.75, 3.05) is 18.4 Å². The number of benzene rings is 1. The molecule has 0 radical (unpaired) electrons. The van der Waals surface area contributed by atoms with Crippen LogP contribution in [0.3, 0.4) is 0 Å². The molecular formula is C22H23ClFN5OS. The first-order chi connectivity index (χ1) is 14.9. The first-order valence-corrected chi connectivity index (χ1v) is 11.4. The van der Waals surface area contributed by atoms with Gasteiger partial charge in [-0.15, -0.1) is 11.3 Å². The number of carbonyl (C=O) groups excluding carboxylic acids is 1. The third-order valence-corrected chi connectivity index (χ3v) is 6.72. The van der Waals surface area contributed by atoms with Gasteiger partial charge in [0, 0.05) is 13.1 Å². The van der Waals surface area contributed by atoms with Gasteiger partial charge in [0.2, 0.25) is 5.95 Å². The van der Waals surface area contributed by atoms with Crippen molar-refractivity contribution in [3.05, 3.63) is 58.2 Å². The van der Waals surface area contributed by atoms with Crippen LogP contribution in [0, 0.1) is 18.7 Å². The van der Waals surface area contributed by atoms with Crippen LogP contribution in [0.4, 0.5) is 10.3 Å². The van der Waals surface area contributed by atoms with Crippen molar-refractivity contribution >= 4 is 34.8 Å². The summed E-state index contributed by atoms with van der Waals surface area (Å²) in [4.78, 5) is 29.2. The van der Waals surface area contributed by atoms with Crippen LogP contribution in [0.5, 0.6) is 0 Å². The molecule has 0 saturated carbocycles. The van der Waals surface area contributed by atoms with Crippen LogP contribution in [-0.4, -0.2) is 44.9 Å². The van der Waals surface area contributed by atoms with Crippen molar-refractivity contribution in [3.8, 4) is 10.4 Å². The van der Waals surface area contributed by atoms with Crippen LogP contribution in [-0.2, 0) is 0 Å². The highest BCUT2D eigenvalue weighted by molar-refractivity contribution is 7.15. The Morgan fingerprint density at radius 3 is 2.71 bits per heavy atom. The molecule has 1 unspecified atom stereocenters. The van der Waals surface area contributed by atoms with Crippen LogP contribution in [0.15, 0.2) is 36.7 Å². The lowest BCUT2D eigenvalue weighted by Crippen LogP contribution is -2.51. The van der Waals surface area contributed by atoms with E-state index in [1.165, 1.54) is 35.9 Å². The van der Waals surface area contributed by atoms with E-state index >= 15 is 0 Å². The van der Waals surface area contributed by atoms with Crippen LogP contribution >= 0.6 is 22.9 Å². The van der Waals surface area contributed by atoms with E-state index in [0.717, 1.165) is 28.3 Å². The molecule has 2 aromatic heterocycles.